The quantitative estimate of drug-likeness (QED) is 0.676. The number of imidazole rings is 1. The van der Waals surface area contributed by atoms with Crippen LogP contribution in [0, 0.1) is 24.5 Å². The molecule has 2 heterocycles. The molecule has 29 heavy (non-hydrogen) atoms. The molecule has 2 aromatic heterocycles. The fourth-order valence-corrected chi connectivity index (χ4v) is 3.89. The summed E-state index contributed by atoms with van der Waals surface area (Å²) < 4.78 is 31.7. The van der Waals surface area contributed by atoms with E-state index in [1.165, 1.54) is 7.05 Å². The summed E-state index contributed by atoms with van der Waals surface area (Å²) in [5.41, 5.74) is 8.34. The molecule has 0 atom stereocenters. The van der Waals surface area contributed by atoms with E-state index < -0.39 is 17.5 Å². The predicted octanol–water partition coefficient (Wildman–Crippen LogP) is 3.65. The normalized spacial score (nSPS) is 18.2. The number of hydrogen-bond acceptors (Lipinski definition) is 3. The molecule has 1 aliphatic rings. The number of aromatic nitrogens is 2. The number of benzene rings is 1. The number of aryl methyl sites for hydroxylation is 1. The zero-order chi connectivity index (χ0) is 20.0. The first-order chi connectivity index (χ1) is 13.4. The van der Waals surface area contributed by atoms with E-state index in [0.29, 0.717) is 18.0 Å². The Hall–Kier alpha value is -2.51. The van der Waals surface area contributed by atoms with Crippen molar-refractivity contribution in [1.82, 2.24) is 14.7 Å². The van der Waals surface area contributed by atoms with Gasteiger partial charge in [0.15, 0.2) is 0 Å². The third-order valence-electron chi connectivity index (χ3n) is 5.40. The van der Waals surface area contributed by atoms with Crippen LogP contribution < -0.4 is 11.1 Å². The van der Waals surface area contributed by atoms with Crippen molar-refractivity contribution in [3.63, 3.8) is 0 Å². The molecule has 4 rings (SSSR count). The molecule has 1 fully saturated rings. The molecule has 3 aromatic rings. The molecule has 1 saturated carbocycles. The Balaban J connectivity index is 0.00000240. The van der Waals surface area contributed by atoms with E-state index in [-0.39, 0.29) is 35.3 Å². The van der Waals surface area contributed by atoms with Crippen molar-refractivity contribution >= 4 is 24.0 Å². The number of nitrogens with zero attached hydrogens (tertiary/aromatic N) is 2. The van der Waals surface area contributed by atoms with Gasteiger partial charge in [0.05, 0.1) is 17.0 Å². The van der Waals surface area contributed by atoms with Crippen molar-refractivity contribution < 1.29 is 13.6 Å². The fraction of sp³-hybridized carbons (Fsp3) is 0.333. The SMILES string of the molecule is CNC(=O)c1cc(F)c(-c2nc3cc(C)ccn3c2CC2CC(N)C2)c(F)c1.Cl. The Morgan fingerprint density at radius 2 is 1.93 bits per heavy atom. The van der Waals surface area contributed by atoms with Gasteiger partial charge in [-0.25, -0.2) is 13.8 Å². The molecular weight excluding hydrogens is 398 g/mol. The molecule has 0 aliphatic heterocycles. The molecule has 1 aliphatic carbocycles. The van der Waals surface area contributed by atoms with Gasteiger partial charge in [-0.15, -0.1) is 12.4 Å². The standard InChI is InChI=1S/C21H22F2N4O.ClH/c1-11-3-4-27-17(8-12-6-14(24)7-12)20(26-18(27)5-11)19-15(22)9-13(10-16(19)23)21(28)25-2;/h3-5,9-10,12,14H,6-8,24H2,1-2H3,(H,25,28);1H. The van der Waals surface area contributed by atoms with Gasteiger partial charge in [0.25, 0.3) is 5.91 Å². The lowest BCUT2D eigenvalue weighted by molar-refractivity contribution is 0.0962. The summed E-state index contributed by atoms with van der Waals surface area (Å²) in [6.45, 7) is 1.94. The molecule has 3 N–H and O–H groups in total. The third kappa shape index (κ3) is 3.84. The number of carbonyl (C=O) groups excluding carboxylic acids is 1. The number of amides is 1. The number of rotatable bonds is 4. The van der Waals surface area contributed by atoms with Crippen molar-refractivity contribution in [2.45, 2.75) is 32.2 Å². The first-order valence-electron chi connectivity index (χ1n) is 9.32. The molecule has 5 nitrogen and oxygen atoms in total. The zero-order valence-electron chi connectivity index (χ0n) is 16.2. The molecule has 0 radical (unpaired) electrons. The second-order valence-corrected chi connectivity index (χ2v) is 7.54. The summed E-state index contributed by atoms with van der Waals surface area (Å²) in [4.78, 5) is 16.3. The third-order valence-corrected chi connectivity index (χ3v) is 5.40. The van der Waals surface area contributed by atoms with E-state index in [2.05, 4.69) is 10.3 Å². The van der Waals surface area contributed by atoms with Crippen LogP contribution in [0.1, 0.15) is 34.5 Å². The van der Waals surface area contributed by atoms with Crippen LogP contribution in [-0.2, 0) is 6.42 Å². The van der Waals surface area contributed by atoms with Crippen molar-refractivity contribution in [2.75, 3.05) is 7.05 Å². The minimum absolute atomic E-state index is 0. The van der Waals surface area contributed by atoms with Crippen LogP contribution in [0.2, 0.25) is 0 Å². The molecule has 0 unspecified atom stereocenters. The number of nitrogens with one attached hydrogen (secondary N) is 1. The Morgan fingerprint density at radius 3 is 2.52 bits per heavy atom. The highest BCUT2D eigenvalue weighted by molar-refractivity contribution is 5.94. The zero-order valence-corrected chi connectivity index (χ0v) is 17.0. The minimum Gasteiger partial charge on any atom is -0.355 e. The summed E-state index contributed by atoms with van der Waals surface area (Å²) in [6.07, 6.45) is 4.30. The van der Waals surface area contributed by atoms with Crippen LogP contribution in [0.15, 0.2) is 30.5 Å². The lowest BCUT2D eigenvalue weighted by atomic mass is 9.77. The molecule has 0 saturated heterocycles. The van der Waals surface area contributed by atoms with Crippen LogP contribution in [0.3, 0.4) is 0 Å². The molecule has 0 bridgehead atoms. The highest BCUT2D eigenvalue weighted by atomic mass is 35.5. The number of hydrogen-bond donors (Lipinski definition) is 2. The van der Waals surface area contributed by atoms with Crippen LogP contribution in [-0.4, -0.2) is 28.4 Å². The van der Waals surface area contributed by atoms with Gasteiger partial charge in [0, 0.05) is 24.8 Å². The summed E-state index contributed by atoms with van der Waals surface area (Å²) in [5.74, 6) is -1.78. The Bertz CT molecular complexity index is 1050. The monoisotopic (exact) mass is 420 g/mol. The van der Waals surface area contributed by atoms with Gasteiger partial charge < -0.3 is 15.5 Å². The van der Waals surface area contributed by atoms with Gasteiger partial charge in [-0.3, -0.25) is 4.79 Å². The maximum atomic E-state index is 14.9. The number of fused-ring (bicyclic) bond motifs is 1. The number of nitrogens with two attached hydrogens (primary N) is 1. The average Bonchev–Trinajstić information content (AvgIpc) is 2.96. The fourth-order valence-electron chi connectivity index (χ4n) is 3.89. The molecule has 0 spiro atoms. The minimum atomic E-state index is -0.801. The highest BCUT2D eigenvalue weighted by Crippen LogP contribution is 2.35. The number of halogens is 3. The Morgan fingerprint density at radius 1 is 1.28 bits per heavy atom. The Kier molecular flexibility index (Phi) is 5.91. The lowest BCUT2D eigenvalue weighted by Crippen LogP contribution is -2.37. The van der Waals surface area contributed by atoms with Gasteiger partial charge >= 0.3 is 0 Å². The molecule has 154 valence electrons. The van der Waals surface area contributed by atoms with Gasteiger partial charge in [-0.2, -0.15) is 0 Å². The summed E-state index contributed by atoms with van der Waals surface area (Å²) >= 11 is 0. The lowest BCUT2D eigenvalue weighted by Gasteiger charge is -2.32. The van der Waals surface area contributed by atoms with Gasteiger partial charge in [-0.1, -0.05) is 0 Å². The number of carbonyl (C=O) groups is 1. The van der Waals surface area contributed by atoms with Crippen LogP contribution >= 0.6 is 12.4 Å². The summed E-state index contributed by atoms with van der Waals surface area (Å²) in [6, 6.07) is 6.12. The largest absolute Gasteiger partial charge is 0.355 e. The van der Waals surface area contributed by atoms with Gasteiger partial charge in [0.1, 0.15) is 17.3 Å². The van der Waals surface area contributed by atoms with E-state index in [0.717, 1.165) is 36.2 Å². The van der Waals surface area contributed by atoms with E-state index in [1.54, 1.807) is 0 Å². The predicted molar refractivity (Wildman–Crippen MR) is 110 cm³/mol. The second kappa shape index (κ2) is 8.08. The van der Waals surface area contributed by atoms with Crippen LogP contribution in [0.25, 0.3) is 16.9 Å². The maximum absolute atomic E-state index is 14.9. The van der Waals surface area contributed by atoms with Gasteiger partial charge in [0.2, 0.25) is 0 Å². The van der Waals surface area contributed by atoms with Crippen LogP contribution in [0.4, 0.5) is 8.78 Å². The molecule has 1 amide bonds. The highest BCUT2D eigenvalue weighted by Gasteiger charge is 2.30. The number of pyridine rings is 1. The van der Waals surface area contributed by atoms with E-state index in [4.69, 9.17) is 5.73 Å². The topological polar surface area (TPSA) is 72.4 Å². The van der Waals surface area contributed by atoms with E-state index in [9.17, 15) is 13.6 Å². The first kappa shape index (κ1) is 21.2. The van der Waals surface area contributed by atoms with Gasteiger partial charge in [-0.05, 0) is 61.9 Å². The van der Waals surface area contributed by atoms with Crippen LogP contribution in [0.5, 0.6) is 0 Å². The van der Waals surface area contributed by atoms with Crippen molar-refractivity contribution in [2.24, 2.45) is 11.7 Å². The van der Waals surface area contributed by atoms with Crippen molar-refractivity contribution in [1.29, 1.82) is 0 Å². The second-order valence-electron chi connectivity index (χ2n) is 7.54. The summed E-state index contributed by atoms with van der Waals surface area (Å²) in [5, 5.41) is 2.38. The Labute approximate surface area is 173 Å². The van der Waals surface area contributed by atoms with E-state index >= 15 is 0 Å². The smallest absolute Gasteiger partial charge is 0.251 e. The molecule has 8 heteroatoms. The van der Waals surface area contributed by atoms with Crippen molar-refractivity contribution in [3.8, 4) is 11.3 Å². The molecular formula is C21H23ClF2N4O. The average molecular weight is 421 g/mol. The molecule has 1 aromatic carbocycles. The van der Waals surface area contributed by atoms with Crippen molar-refractivity contribution in [3.05, 3.63) is 58.9 Å². The summed E-state index contributed by atoms with van der Waals surface area (Å²) in [7, 11) is 1.41. The first-order valence-corrected chi connectivity index (χ1v) is 9.32. The van der Waals surface area contributed by atoms with E-state index in [1.807, 2.05) is 29.7 Å². The maximum Gasteiger partial charge on any atom is 0.251 e.